The number of carbonyl (C=O) groups is 3. The fraction of sp³-hybridized carbons (Fsp3) is 0.333. The van der Waals surface area contributed by atoms with Gasteiger partial charge in [-0.1, -0.05) is 30.0 Å². The van der Waals surface area contributed by atoms with Gasteiger partial charge >= 0.3 is 5.97 Å². The Morgan fingerprint density at radius 3 is 2.61 bits per heavy atom. The summed E-state index contributed by atoms with van der Waals surface area (Å²) in [4.78, 5) is 37.0. The summed E-state index contributed by atoms with van der Waals surface area (Å²) >= 11 is 6.38. The van der Waals surface area contributed by atoms with Gasteiger partial charge in [0, 0.05) is 13.0 Å². The van der Waals surface area contributed by atoms with Crippen LogP contribution < -0.4 is 14.8 Å². The number of benzene rings is 1. The van der Waals surface area contributed by atoms with Gasteiger partial charge in [-0.05, 0) is 30.7 Å². The van der Waals surface area contributed by atoms with Gasteiger partial charge in [0.1, 0.15) is 10.4 Å². The number of hydrogen-bond acceptors (Lipinski definition) is 7. The van der Waals surface area contributed by atoms with Crippen molar-refractivity contribution in [2.75, 3.05) is 20.8 Å². The molecule has 1 fully saturated rings. The van der Waals surface area contributed by atoms with Crippen molar-refractivity contribution in [1.82, 2.24) is 10.2 Å². The predicted octanol–water partition coefficient (Wildman–Crippen LogP) is 1.88. The molecule has 0 aromatic heterocycles. The molecule has 1 aromatic carbocycles. The molecule has 2 amide bonds. The number of aliphatic carboxylic acids is 1. The number of hydrogen-bond donors (Lipinski definition) is 2. The second kappa shape index (κ2) is 9.56. The van der Waals surface area contributed by atoms with E-state index >= 15 is 0 Å². The Balaban J connectivity index is 2.06. The van der Waals surface area contributed by atoms with Gasteiger partial charge in [-0.3, -0.25) is 19.3 Å². The lowest BCUT2D eigenvalue weighted by Crippen LogP contribution is -2.40. The molecular formula is C18H20N2O6S2. The zero-order chi connectivity index (χ0) is 20.8. The summed E-state index contributed by atoms with van der Waals surface area (Å²) in [7, 11) is 3.06. The van der Waals surface area contributed by atoms with E-state index in [-0.39, 0.29) is 18.9 Å². The van der Waals surface area contributed by atoms with Crippen molar-refractivity contribution in [2.24, 2.45) is 0 Å². The van der Waals surface area contributed by atoms with E-state index in [1.54, 1.807) is 24.3 Å². The quantitative estimate of drug-likeness (QED) is 0.481. The largest absolute Gasteiger partial charge is 0.493 e. The summed E-state index contributed by atoms with van der Waals surface area (Å²) in [6.07, 6.45) is 1.64. The number of carbonyl (C=O) groups excluding carboxylic acids is 2. The first kappa shape index (κ1) is 21.7. The van der Waals surface area contributed by atoms with Crippen LogP contribution in [0.25, 0.3) is 6.08 Å². The summed E-state index contributed by atoms with van der Waals surface area (Å²) in [5.74, 6) is -0.779. The first-order chi connectivity index (χ1) is 13.3. The third kappa shape index (κ3) is 5.23. The fourth-order valence-corrected chi connectivity index (χ4v) is 3.68. The maximum atomic E-state index is 12.6. The Morgan fingerprint density at radius 2 is 2.00 bits per heavy atom. The van der Waals surface area contributed by atoms with Gasteiger partial charge in [-0.2, -0.15) is 0 Å². The Kier molecular flexibility index (Phi) is 7.41. The van der Waals surface area contributed by atoms with Crippen LogP contribution in [-0.4, -0.2) is 58.9 Å². The number of carboxylic acids is 1. The van der Waals surface area contributed by atoms with Crippen LogP contribution in [0.5, 0.6) is 11.5 Å². The van der Waals surface area contributed by atoms with Crippen LogP contribution in [0.2, 0.25) is 0 Å². The van der Waals surface area contributed by atoms with Crippen molar-refractivity contribution in [1.29, 1.82) is 0 Å². The van der Waals surface area contributed by atoms with E-state index in [9.17, 15) is 14.4 Å². The molecule has 0 saturated carbocycles. The average molecular weight is 425 g/mol. The Labute approximate surface area is 171 Å². The number of nitrogens with one attached hydrogen (secondary N) is 1. The standard InChI is InChI=1S/C18H20N2O6S2/c1-10(17(23)24)19-15(21)6-7-20-16(22)14(28-18(20)27)9-11-4-5-12(25-2)13(8-11)26-3/h4-5,8-10H,6-7H2,1-3H3,(H,19,21)(H,23,24)/b14-9+. The minimum absolute atomic E-state index is 0.0479. The second-order valence-electron chi connectivity index (χ2n) is 5.83. The molecule has 0 radical (unpaired) electrons. The summed E-state index contributed by atoms with van der Waals surface area (Å²) < 4.78 is 10.8. The van der Waals surface area contributed by atoms with Crippen molar-refractivity contribution in [3.63, 3.8) is 0 Å². The molecule has 2 N–H and O–H groups in total. The number of ether oxygens (including phenoxy) is 2. The molecule has 2 rings (SSSR count). The molecule has 1 aliphatic rings. The number of methoxy groups -OCH3 is 2. The molecule has 1 saturated heterocycles. The minimum Gasteiger partial charge on any atom is -0.493 e. The topological polar surface area (TPSA) is 105 Å². The van der Waals surface area contributed by atoms with E-state index in [2.05, 4.69) is 5.32 Å². The van der Waals surface area contributed by atoms with Crippen LogP contribution in [0.3, 0.4) is 0 Å². The zero-order valence-electron chi connectivity index (χ0n) is 15.6. The van der Waals surface area contributed by atoms with Crippen molar-refractivity contribution >= 4 is 52.2 Å². The number of rotatable bonds is 8. The third-order valence-corrected chi connectivity index (χ3v) is 5.27. The molecule has 1 aromatic rings. The van der Waals surface area contributed by atoms with Crippen molar-refractivity contribution in [3.8, 4) is 11.5 Å². The van der Waals surface area contributed by atoms with E-state index in [1.165, 1.54) is 26.0 Å². The van der Waals surface area contributed by atoms with Crippen LogP contribution in [0, 0.1) is 0 Å². The normalized spacial score (nSPS) is 16.2. The van der Waals surface area contributed by atoms with Gasteiger partial charge in [-0.25, -0.2) is 0 Å². The maximum Gasteiger partial charge on any atom is 0.325 e. The third-order valence-electron chi connectivity index (χ3n) is 3.89. The van der Waals surface area contributed by atoms with Crippen LogP contribution in [0.1, 0.15) is 18.9 Å². The first-order valence-corrected chi connectivity index (χ1v) is 9.48. The van der Waals surface area contributed by atoms with Crippen molar-refractivity contribution in [2.45, 2.75) is 19.4 Å². The molecule has 1 aliphatic heterocycles. The van der Waals surface area contributed by atoms with Gasteiger partial charge in [0.05, 0.1) is 19.1 Å². The minimum atomic E-state index is -1.13. The highest BCUT2D eigenvalue weighted by atomic mass is 32.2. The molecule has 0 bridgehead atoms. The van der Waals surface area contributed by atoms with Crippen LogP contribution >= 0.6 is 24.0 Å². The molecule has 8 nitrogen and oxygen atoms in total. The molecule has 1 atom stereocenters. The number of thiocarbonyl (C=S) groups is 1. The highest BCUT2D eigenvalue weighted by Crippen LogP contribution is 2.34. The molecule has 1 unspecified atom stereocenters. The monoisotopic (exact) mass is 424 g/mol. The van der Waals surface area contributed by atoms with Gasteiger partial charge in [-0.15, -0.1) is 0 Å². The molecule has 150 valence electrons. The van der Waals surface area contributed by atoms with Crippen LogP contribution in [-0.2, 0) is 14.4 Å². The lowest BCUT2D eigenvalue weighted by Gasteiger charge is -2.15. The van der Waals surface area contributed by atoms with Gasteiger partial charge in [0.25, 0.3) is 5.91 Å². The molecule has 28 heavy (non-hydrogen) atoms. The Bertz CT molecular complexity index is 839. The smallest absolute Gasteiger partial charge is 0.325 e. The fourth-order valence-electron chi connectivity index (χ4n) is 2.38. The van der Waals surface area contributed by atoms with Gasteiger partial charge in [0.2, 0.25) is 5.91 Å². The number of amides is 2. The van der Waals surface area contributed by atoms with Crippen LogP contribution in [0.15, 0.2) is 23.1 Å². The second-order valence-corrected chi connectivity index (χ2v) is 7.50. The van der Waals surface area contributed by atoms with E-state index in [4.69, 9.17) is 26.8 Å². The lowest BCUT2D eigenvalue weighted by atomic mass is 10.2. The maximum absolute atomic E-state index is 12.6. The molecule has 1 heterocycles. The van der Waals surface area contributed by atoms with Crippen molar-refractivity contribution < 1.29 is 29.0 Å². The van der Waals surface area contributed by atoms with E-state index < -0.39 is 17.9 Å². The van der Waals surface area contributed by atoms with Crippen molar-refractivity contribution in [3.05, 3.63) is 28.7 Å². The summed E-state index contributed by atoms with van der Waals surface area (Å²) in [6.45, 7) is 1.44. The van der Waals surface area contributed by atoms with E-state index in [0.29, 0.717) is 20.7 Å². The van der Waals surface area contributed by atoms with E-state index in [1.807, 2.05) is 0 Å². The predicted molar refractivity (Wildman–Crippen MR) is 109 cm³/mol. The average Bonchev–Trinajstić information content (AvgIpc) is 2.92. The summed E-state index contributed by atoms with van der Waals surface area (Å²) in [5, 5.41) is 11.2. The first-order valence-electron chi connectivity index (χ1n) is 8.26. The Morgan fingerprint density at radius 1 is 1.32 bits per heavy atom. The molecule has 10 heteroatoms. The van der Waals surface area contributed by atoms with Crippen LogP contribution in [0.4, 0.5) is 0 Å². The zero-order valence-corrected chi connectivity index (χ0v) is 17.2. The van der Waals surface area contributed by atoms with Gasteiger partial charge in [0.15, 0.2) is 11.5 Å². The number of nitrogens with zero attached hydrogens (tertiary/aromatic N) is 1. The highest BCUT2D eigenvalue weighted by molar-refractivity contribution is 8.26. The highest BCUT2D eigenvalue weighted by Gasteiger charge is 2.32. The SMILES string of the molecule is COc1ccc(/C=C2/SC(=S)N(CCC(=O)NC(C)C(=O)O)C2=O)cc1OC. The number of thioether (sulfide) groups is 1. The molecule has 0 aliphatic carbocycles. The number of carboxylic acid groups (broad SMARTS) is 1. The van der Waals surface area contributed by atoms with Gasteiger partial charge < -0.3 is 19.9 Å². The molecular weight excluding hydrogens is 404 g/mol. The summed E-state index contributed by atoms with van der Waals surface area (Å²) in [6, 6.07) is 4.27. The van der Waals surface area contributed by atoms with E-state index in [0.717, 1.165) is 17.3 Å². The molecule has 0 spiro atoms. The lowest BCUT2D eigenvalue weighted by molar-refractivity contribution is -0.141. The summed E-state index contributed by atoms with van der Waals surface area (Å²) in [5.41, 5.74) is 0.742. The Hall–Kier alpha value is -2.59.